The Hall–Kier alpha value is -3.55. The predicted octanol–water partition coefficient (Wildman–Crippen LogP) is 4.00. The van der Waals surface area contributed by atoms with Crippen LogP contribution in [0, 0.1) is 6.92 Å². The summed E-state index contributed by atoms with van der Waals surface area (Å²) in [7, 11) is 0. The molecule has 0 aliphatic heterocycles. The average Bonchev–Trinajstić information content (AvgIpc) is 3.43. The van der Waals surface area contributed by atoms with Gasteiger partial charge in [0, 0.05) is 35.3 Å². The van der Waals surface area contributed by atoms with Crippen LogP contribution in [0.4, 0.5) is 0 Å². The minimum Gasteiger partial charge on any atom is -0.296 e. The Balaban J connectivity index is 1.64. The van der Waals surface area contributed by atoms with Crippen molar-refractivity contribution < 1.29 is 0 Å². The molecule has 4 rings (SSSR count). The third-order valence-electron chi connectivity index (χ3n) is 5.79. The van der Waals surface area contributed by atoms with E-state index in [4.69, 9.17) is 0 Å². The maximum atomic E-state index is 13.2. The van der Waals surface area contributed by atoms with Crippen LogP contribution in [0.5, 0.6) is 0 Å². The van der Waals surface area contributed by atoms with Gasteiger partial charge in [-0.1, -0.05) is 51.0 Å². The Bertz CT molecular complexity index is 1220. The molecule has 4 aromatic rings. The molecule has 0 amide bonds. The third kappa shape index (κ3) is 4.26. The molecule has 0 spiro atoms. The van der Waals surface area contributed by atoms with Crippen molar-refractivity contribution in [1.82, 2.24) is 34.7 Å². The zero-order chi connectivity index (χ0) is 22.5. The predicted molar refractivity (Wildman–Crippen MR) is 124 cm³/mol. The van der Waals surface area contributed by atoms with E-state index in [0.29, 0.717) is 12.4 Å². The first-order chi connectivity index (χ1) is 15.6. The number of hydrogen-bond acceptors (Lipinski definition) is 5. The summed E-state index contributed by atoms with van der Waals surface area (Å²) in [6, 6.07) is 12.0. The van der Waals surface area contributed by atoms with Gasteiger partial charge < -0.3 is 0 Å². The van der Waals surface area contributed by atoms with E-state index in [1.54, 1.807) is 6.20 Å². The second-order valence-electron chi connectivity index (χ2n) is 7.99. The largest absolute Gasteiger partial charge is 0.328 e. The topological polar surface area (TPSA) is 94.3 Å². The van der Waals surface area contributed by atoms with E-state index in [9.17, 15) is 4.79 Å². The lowest BCUT2D eigenvalue weighted by atomic mass is 10.0. The summed E-state index contributed by atoms with van der Waals surface area (Å²) in [6.07, 6.45) is 5.75. The SMILES string of the molecule is CCCCn1c(C)c(CCC)n(Cc2ccc(-c3ncccc3-c3nn[nH]n3)cc2)c1=O. The first-order valence-corrected chi connectivity index (χ1v) is 11.2. The molecule has 32 heavy (non-hydrogen) atoms. The van der Waals surface area contributed by atoms with E-state index in [2.05, 4.69) is 58.5 Å². The molecule has 0 saturated heterocycles. The number of unbranched alkanes of at least 4 members (excludes halogenated alkanes) is 1. The lowest BCUT2D eigenvalue weighted by Gasteiger charge is -2.09. The normalized spacial score (nSPS) is 11.2. The molecule has 0 fully saturated rings. The lowest BCUT2D eigenvalue weighted by Crippen LogP contribution is -2.26. The van der Waals surface area contributed by atoms with Crippen molar-refractivity contribution in [1.29, 1.82) is 0 Å². The first-order valence-electron chi connectivity index (χ1n) is 11.2. The highest BCUT2D eigenvalue weighted by Crippen LogP contribution is 2.27. The van der Waals surface area contributed by atoms with Crippen molar-refractivity contribution in [3.05, 3.63) is 70.0 Å². The fourth-order valence-corrected chi connectivity index (χ4v) is 4.09. The fraction of sp³-hybridized carbons (Fsp3) is 0.375. The van der Waals surface area contributed by atoms with Gasteiger partial charge in [0.05, 0.1) is 12.2 Å². The van der Waals surface area contributed by atoms with E-state index < -0.39 is 0 Å². The Morgan fingerprint density at radius 1 is 1.03 bits per heavy atom. The highest BCUT2D eigenvalue weighted by atomic mass is 16.1. The van der Waals surface area contributed by atoms with Crippen molar-refractivity contribution in [2.24, 2.45) is 0 Å². The van der Waals surface area contributed by atoms with Crippen molar-refractivity contribution in [2.75, 3.05) is 0 Å². The van der Waals surface area contributed by atoms with Crippen molar-refractivity contribution in [3.8, 4) is 22.6 Å². The molecule has 1 N–H and O–H groups in total. The molecule has 3 aromatic heterocycles. The van der Waals surface area contributed by atoms with Gasteiger partial charge in [0.25, 0.3) is 0 Å². The summed E-state index contributed by atoms with van der Waals surface area (Å²) in [6.45, 7) is 7.72. The van der Waals surface area contributed by atoms with E-state index in [-0.39, 0.29) is 5.69 Å². The number of pyridine rings is 1. The van der Waals surface area contributed by atoms with Gasteiger partial charge in [0.1, 0.15) is 0 Å². The molecule has 0 atom stereocenters. The Morgan fingerprint density at radius 3 is 2.53 bits per heavy atom. The molecule has 0 unspecified atom stereocenters. The van der Waals surface area contributed by atoms with Gasteiger partial charge >= 0.3 is 5.69 Å². The summed E-state index contributed by atoms with van der Waals surface area (Å²) < 4.78 is 3.88. The molecule has 0 saturated carbocycles. The fourth-order valence-electron chi connectivity index (χ4n) is 4.09. The monoisotopic (exact) mass is 431 g/mol. The number of aromatic nitrogens is 7. The molecular formula is C24H29N7O. The molecule has 0 aliphatic carbocycles. The smallest absolute Gasteiger partial charge is 0.296 e. The van der Waals surface area contributed by atoms with E-state index in [1.807, 2.05) is 33.4 Å². The van der Waals surface area contributed by atoms with E-state index in [1.165, 1.54) is 0 Å². The standard InChI is InChI=1S/C24H29N7O/c1-4-6-15-30-17(3)21(8-5-2)31(24(30)32)16-18-10-12-19(13-11-18)22-20(9-7-14-25-22)23-26-28-29-27-23/h7,9-14H,4-6,8,15-16H2,1-3H3,(H,26,27,28,29). The van der Waals surface area contributed by atoms with Crippen LogP contribution in [0.25, 0.3) is 22.6 Å². The van der Waals surface area contributed by atoms with Gasteiger partial charge in [0.2, 0.25) is 5.82 Å². The zero-order valence-electron chi connectivity index (χ0n) is 18.9. The zero-order valence-corrected chi connectivity index (χ0v) is 18.9. The van der Waals surface area contributed by atoms with Crippen LogP contribution < -0.4 is 5.69 Å². The van der Waals surface area contributed by atoms with Gasteiger partial charge in [-0.15, -0.1) is 10.2 Å². The van der Waals surface area contributed by atoms with Crippen LogP contribution >= 0.6 is 0 Å². The number of tetrazole rings is 1. The molecule has 0 aliphatic rings. The van der Waals surface area contributed by atoms with E-state index in [0.717, 1.165) is 66.0 Å². The second kappa shape index (κ2) is 9.72. The van der Waals surface area contributed by atoms with Crippen molar-refractivity contribution in [3.63, 3.8) is 0 Å². The number of benzene rings is 1. The van der Waals surface area contributed by atoms with E-state index >= 15 is 0 Å². The van der Waals surface area contributed by atoms with Crippen LogP contribution in [-0.2, 0) is 19.5 Å². The number of aromatic amines is 1. The molecule has 3 heterocycles. The van der Waals surface area contributed by atoms with Gasteiger partial charge in [-0.25, -0.2) is 4.79 Å². The van der Waals surface area contributed by atoms with Crippen LogP contribution in [0.2, 0.25) is 0 Å². The third-order valence-corrected chi connectivity index (χ3v) is 5.79. The summed E-state index contributed by atoms with van der Waals surface area (Å²) in [4.78, 5) is 17.7. The Kier molecular flexibility index (Phi) is 6.58. The minimum atomic E-state index is 0.0904. The van der Waals surface area contributed by atoms with Gasteiger partial charge in [-0.05, 0) is 42.7 Å². The van der Waals surface area contributed by atoms with Crippen molar-refractivity contribution >= 4 is 0 Å². The van der Waals surface area contributed by atoms with Crippen LogP contribution in [0.3, 0.4) is 0 Å². The number of nitrogens with one attached hydrogen (secondary N) is 1. The van der Waals surface area contributed by atoms with Gasteiger partial charge in [0.15, 0.2) is 0 Å². The quantitative estimate of drug-likeness (QED) is 0.432. The summed E-state index contributed by atoms with van der Waals surface area (Å²) in [5, 5.41) is 14.3. The number of imidazole rings is 1. The van der Waals surface area contributed by atoms with Crippen LogP contribution in [0.15, 0.2) is 47.4 Å². The Labute approximate surface area is 187 Å². The highest BCUT2D eigenvalue weighted by Gasteiger charge is 2.17. The average molecular weight is 432 g/mol. The summed E-state index contributed by atoms with van der Waals surface area (Å²) in [5.74, 6) is 0.511. The molecule has 166 valence electrons. The molecule has 8 nitrogen and oxygen atoms in total. The first kappa shape index (κ1) is 21.7. The van der Waals surface area contributed by atoms with Crippen LogP contribution in [0.1, 0.15) is 50.1 Å². The van der Waals surface area contributed by atoms with Crippen LogP contribution in [-0.4, -0.2) is 34.7 Å². The molecule has 0 radical (unpaired) electrons. The minimum absolute atomic E-state index is 0.0904. The van der Waals surface area contributed by atoms with Gasteiger partial charge in [-0.3, -0.25) is 14.1 Å². The maximum absolute atomic E-state index is 13.2. The molecule has 1 aromatic carbocycles. The van der Waals surface area contributed by atoms with Crippen molar-refractivity contribution in [2.45, 2.75) is 59.5 Å². The number of rotatable bonds is 9. The summed E-state index contributed by atoms with van der Waals surface area (Å²) in [5.41, 5.74) is 5.99. The second-order valence-corrected chi connectivity index (χ2v) is 7.99. The summed E-state index contributed by atoms with van der Waals surface area (Å²) >= 11 is 0. The number of hydrogen-bond donors (Lipinski definition) is 1. The molecule has 8 heteroatoms. The number of nitrogens with zero attached hydrogens (tertiary/aromatic N) is 6. The number of H-pyrrole nitrogens is 1. The lowest BCUT2D eigenvalue weighted by molar-refractivity contribution is 0.584. The maximum Gasteiger partial charge on any atom is 0.328 e. The highest BCUT2D eigenvalue weighted by molar-refractivity contribution is 5.76. The molecule has 0 bridgehead atoms. The van der Waals surface area contributed by atoms with Gasteiger partial charge in [-0.2, -0.15) is 5.21 Å². The Morgan fingerprint density at radius 2 is 1.84 bits per heavy atom. The molecular weight excluding hydrogens is 402 g/mol.